The van der Waals surface area contributed by atoms with E-state index in [4.69, 9.17) is 0 Å². The minimum Gasteiger partial charge on any atom is -0.392 e. The van der Waals surface area contributed by atoms with E-state index < -0.39 is 0 Å². The lowest BCUT2D eigenvalue weighted by molar-refractivity contribution is 0.0995. The van der Waals surface area contributed by atoms with Crippen molar-refractivity contribution in [2.45, 2.75) is 26.4 Å². The summed E-state index contributed by atoms with van der Waals surface area (Å²) in [7, 11) is 0. The maximum absolute atomic E-state index is 9.72. The van der Waals surface area contributed by atoms with Crippen LogP contribution in [0.3, 0.4) is 0 Å². The smallest absolute Gasteiger partial charge is 0.0669 e. The standard InChI is InChI=1S/C10H21NOS/c1-9(2)7-10(12)8-11-3-5-13-6-4-11/h9-10,12H,3-8H2,1-2H3. The summed E-state index contributed by atoms with van der Waals surface area (Å²) in [6.45, 7) is 7.50. The molecule has 3 heteroatoms. The Labute approximate surface area is 85.7 Å². The third-order valence-electron chi connectivity index (χ3n) is 2.32. The second-order valence-corrected chi connectivity index (χ2v) is 5.42. The van der Waals surface area contributed by atoms with Gasteiger partial charge in [0.1, 0.15) is 0 Å². The average Bonchev–Trinajstić information content (AvgIpc) is 2.04. The fraction of sp³-hybridized carbons (Fsp3) is 1.00. The Morgan fingerprint density at radius 2 is 1.92 bits per heavy atom. The van der Waals surface area contributed by atoms with Crippen molar-refractivity contribution in [3.63, 3.8) is 0 Å². The molecule has 78 valence electrons. The lowest BCUT2D eigenvalue weighted by atomic mass is 10.1. The predicted octanol–water partition coefficient (Wildman–Crippen LogP) is 1.44. The van der Waals surface area contributed by atoms with Crippen LogP contribution < -0.4 is 0 Å². The quantitative estimate of drug-likeness (QED) is 0.748. The molecule has 0 bridgehead atoms. The van der Waals surface area contributed by atoms with Crippen LogP contribution in [0.1, 0.15) is 20.3 Å². The summed E-state index contributed by atoms with van der Waals surface area (Å²) >= 11 is 2.02. The molecule has 1 atom stereocenters. The first-order chi connectivity index (χ1) is 6.18. The Kier molecular flexibility index (Phi) is 5.14. The van der Waals surface area contributed by atoms with Crippen LogP contribution in [-0.4, -0.2) is 47.3 Å². The van der Waals surface area contributed by atoms with E-state index >= 15 is 0 Å². The van der Waals surface area contributed by atoms with Gasteiger partial charge in [0.15, 0.2) is 0 Å². The van der Waals surface area contributed by atoms with Crippen molar-refractivity contribution in [2.75, 3.05) is 31.1 Å². The zero-order valence-corrected chi connectivity index (χ0v) is 9.52. The fourth-order valence-corrected chi connectivity index (χ4v) is 2.68. The van der Waals surface area contributed by atoms with E-state index in [0.717, 1.165) is 26.1 Å². The number of aliphatic hydroxyl groups is 1. The second kappa shape index (κ2) is 5.89. The molecule has 1 heterocycles. The van der Waals surface area contributed by atoms with Crippen molar-refractivity contribution in [1.29, 1.82) is 0 Å². The summed E-state index contributed by atoms with van der Waals surface area (Å²) in [5, 5.41) is 9.72. The number of nitrogens with zero attached hydrogens (tertiary/aromatic N) is 1. The van der Waals surface area contributed by atoms with Gasteiger partial charge in [-0.15, -0.1) is 0 Å². The minimum atomic E-state index is -0.122. The zero-order chi connectivity index (χ0) is 9.68. The van der Waals surface area contributed by atoms with Crippen molar-refractivity contribution in [3.8, 4) is 0 Å². The van der Waals surface area contributed by atoms with E-state index in [1.807, 2.05) is 11.8 Å². The van der Waals surface area contributed by atoms with Crippen LogP contribution in [0.5, 0.6) is 0 Å². The third-order valence-corrected chi connectivity index (χ3v) is 3.26. The Balaban J connectivity index is 2.14. The first kappa shape index (κ1) is 11.3. The number of hydrogen-bond acceptors (Lipinski definition) is 3. The van der Waals surface area contributed by atoms with Gasteiger partial charge < -0.3 is 5.11 Å². The lowest BCUT2D eigenvalue weighted by Crippen LogP contribution is -2.38. The van der Waals surface area contributed by atoms with E-state index in [2.05, 4.69) is 18.7 Å². The summed E-state index contributed by atoms with van der Waals surface area (Å²) in [5.41, 5.74) is 0. The molecule has 0 saturated carbocycles. The highest BCUT2D eigenvalue weighted by molar-refractivity contribution is 7.99. The van der Waals surface area contributed by atoms with Gasteiger partial charge in [-0.3, -0.25) is 4.90 Å². The van der Waals surface area contributed by atoms with Crippen LogP contribution in [0.25, 0.3) is 0 Å². The first-order valence-electron chi connectivity index (χ1n) is 5.16. The van der Waals surface area contributed by atoms with E-state index in [9.17, 15) is 5.11 Å². The highest BCUT2D eigenvalue weighted by atomic mass is 32.2. The molecule has 0 aromatic rings. The Bertz CT molecular complexity index is 135. The van der Waals surface area contributed by atoms with Crippen molar-refractivity contribution >= 4 is 11.8 Å². The van der Waals surface area contributed by atoms with Gasteiger partial charge in [-0.05, 0) is 12.3 Å². The molecule has 1 saturated heterocycles. The molecule has 13 heavy (non-hydrogen) atoms. The lowest BCUT2D eigenvalue weighted by Gasteiger charge is -2.28. The maximum atomic E-state index is 9.72. The number of thioether (sulfide) groups is 1. The van der Waals surface area contributed by atoms with Gasteiger partial charge in [0.05, 0.1) is 6.10 Å². The van der Waals surface area contributed by atoms with Gasteiger partial charge >= 0.3 is 0 Å². The predicted molar refractivity (Wildman–Crippen MR) is 59.2 cm³/mol. The summed E-state index contributed by atoms with van der Waals surface area (Å²) < 4.78 is 0. The highest BCUT2D eigenvalue weighted by Crippen LogP contribution is 2.11. The summed E-state index contributed by atoms with van der Waals surface area (Å²) in [6, 6.07) is 0. The molecule has 0 aromatic heterocycles. The Hall–Kier alpha value is 0.270. The number of aliphatic hydroxyl groups excluding tert-OH is 1. The van der Waals surface area contributed by atoms with Crippen LogP contribution in [0.4, 0.5) is 0 Å². The second-order valence-electron chi connectivity index (χ2n) is 4.20. The average molecular weight is 203 g/mol. The molecule has 0 aromatic carbocycles. The van der Waals surface area contributed by atoms with Gasteiger partial charge in [0, 0.05) is 31.1 Å². The van der Waals surface area contributed by atoms with E-state index in [1.165, 1.54) is 11.5 Å². The normalized spacial score (nSPS) is 22.2. The van der Waals surface area contributed by atoms with Crippen LogP contribution in [-0.2, 0) is 0 Å². The maximum Gasteiger partial charge on any atom is 0.0669 e. The van der Waals surface area contributed by atoms with E-state index in [1.54, 1.807) is 0 Å². The number of hydrogen-bond donors (Lipinski definition) is 1. The summed E-state index contributed by atoms with van der Waals surface area (Å²) in [5.74, 6) is 3.07. The largest absolute Gasteiger partial charge is 0.392 e. The summed E-state index contributed by atoms with van der Waals surface area (Å²) in [6.07, 6.45) is 0.812. The van der Waals surface area contributed by atoms with E-state index in [0.29, 0.717) is 5.92 Å². The van der Waals surface area contributed by atoms with Crippen molar-refractivity contribution in [3.05, 3.63) is 0 Å². The molecule has 1 N–H and O–H groups in total. The van der Waals surface area contributed by atoms with Crippen LogP contribution >= 0.6 is 11.8 Å². The molecule has 1 rings (SSSR count). The Morgan fingerprint density at radius 1 is 1.31 bits per heavy atom. The van der Waals surface area contributed by atoms with Gasteiger partial charge in [-0.25, -0.2) is 0 Å². The molecule has 1 unspecified atom stereocenters. The molecule has 1 fully saturated rings. The molecule has 1 aliphatic heterocycles. The first-order valence-corrected chi connectivity index (χ1v) is 6.32. The molecule has 1 aliphatic rings. The van der Waals surface area contributed by atoms with E-state index in [-0.39, 0.29) is 6.10 Å². The van der Waals surface area contributed by atoms with Crippen LogP contribution in [0, 0.1) is 5.92 Å². The molecular formula is C10H21NOS. The van der Waals surface area contributed by atoms with Gasteiger partial charge in [0.2, 0.25) is 0 Å². The monoisotopic (exact) mass is 203 g/mol. The van der Waals surface area contributed by atoms with Crippen LogP contribution in [0.2, 0.25) is 0 Å². The summed E-state index contributed by atoms with van der Waals surface area (Å²) in [4.78, 5) is 2.38. The van der Waals surface area contributed by atoms with Gasteiger partial charge in [-0.1, -0.05) is 13.8 Å². The third kappa shape index (κ3) is 4.89. The topological polar surface area (TPSA) is 23.5 Å². The van der Waals surface area contributed by atoms with Crippen molar-refractivity contribution < 1.29 is 5.11 Å². The van der Waals surface area contributed by atoms with Crippen molar-refractivity contribution in [1.82, 2.24) is 4.90 Å². The molecular weight excluding hydrogens is 182 g/mol. The fourth-order valence-electron chi connectivity index (χ4n) is 1.70. The highest BCUT2D eigenvalue weighted by Gasteiger charge is 2.15. The number of β-amino-alcohol motifs (C(OH)–C–C–N with tert-alkyl or cyclic N) is 1. The SMILES string of the molecule is CC(C)CC(O)CN1CCSCC1. The van der Waals surface area contributed by atoms with Crippen molar-refractivity contribution in [2.24, 2.45) is 5.92 Å². The Morgan fingerprint density at radius 3 is 2.46 bits per heavy atom. The molecule has 0 aliphatic carbocycles. The number of rotatable bonds is 4. The van der Waals surface area contributed by atoms with Gasteiger partial charge in [0.25, 0.3) is 0 Å². The minimum absolute atomic E-state index is 0.122. The molecule has 0 radical (unpaired) electrons. The molecule has 0 amide bonds. The zero-order valence-electron chi connectivity index (χ0n) is 8.70. The molecule has 2 nitrogen and oxygen atoms in total. The van der Waals surface area contributed by atoms with Crippen LogP contribution in [0.15, 0.2) is 0 Å². The molecule has 0 spiro atoms. The van der Waals surface area contributed by atoms with Gasteiger partial charge in [-0.2, -0.15) is 11.8 Å².